The summed E-state index contributed by atoms with van der Waals surface area (Å²) < 4.78 is 1.87. The number of amides is 2. The predicted molar refractivity (Wildman–Crippen MR) is 96.5 cm³/mol. The van der Waals surface area contributed by atoms with E-state index in [-0.39, 0.29) is 6.03 Å². The molecule has 0 unspecified atom stereocenters. The third-order valence-corrected chi connectivity index (χ3v) is 4.47. The second kappa shape index (κ2) is 9.17. The molecule has 0 saturated carbocycles. The highest BCUT2D eigenvalue weighted by Gasteiger charge is 2.10. The van der Waals surface area contributed by atoms with Gasteiger partial charge < -0.3 is 15.5 Å². The zero-order valence-electron chi connectivity index (χ0n) is 14.5. The van der Waals surface area contributed by atoms with E-state index >= 15 is 0 Å². The molecule has 1 aromatic heterocycles. The smallest absolute Gasteiger partial charge is 0.315 e. The molecule has 2 heterocycles. The highest BCUT2D eigenvalue weighted by molar-refractivity contribution is 5.73. The van der Waals surface area contributed by atoms with Gasteiger partial charge >= 0.3 is 6.03 Å². The Hall–Kier alpha value is -2.41. The summed E-state index contributed by atoms with van der Waals surface area (Å²) in [6.45, 7) is 4.20. The summed E-state index contributed by atoms with van der Waals surface area (Å²) in [7, 11) is 0. The van der Waals surface area contributed by atoms with E-state index in [9.17, 15) is 4.79 Å². The van der Waals surface area contributed by atoms with E-state index in [2.05, 4.69) is 25.7 Å². The highest BCUT2D eigenvalue weighted by Crippen LogP contribution is 2.09. The number of hydrogen-bond acceptors (Lipinski definition) is 4. The van der Waals surface area contributed by atoms with Crippen molar-refractivity contribution in [2.45, 2.75) is 32.2 Å². The van der Waals surface area contributed by atoms with E-state index in [1.54, 1.807) is 6.33 Å². The van der Waals surface area contributed by atoms with Crippen molar-refractivity contribution in [2.75, 3.05) is 26.2 Å². The van der Waals surface area contributed by atoms with Crippen LogP contribution in [0, 0.1) is 0 Å². The van der Waals surface area contributed by atoms with Crippen molar-refractivity contribution in [3.63, 3.8) is 0 Å². The Morgan fingerprint density at radius 1 is 1.04 bits per heavy atom. The quantitative estimate of drug-likeness (QED) is 0.841. The average Bonchev–Trinajstić information content (AvgIpc) is 2.96. The average molecular weight is 342 g/mol. The van der Waals surface area contributed by atoms with Gasteiger partial charge in [-0.25, -0.2) is 4.79 Å². The van der Waals surface area contributed by atoms with Gasteiger partial charge in [0.25, 0.3) is 0 Å². The maximum absolute atomic E-state index is 12.0. The topological polar surface area (TPSA) is 75.1 Å². The molecule has 1 fully saturated rings. The molecule has 2 amide bonds. The molecule has 1 saturated heterocycles. The summed E-state index contributed by atoms with van der Waals surface area (Å²) in [5.74, 6) is 0.703. The number of aromatic nitrogens is 3. The standard InChI is InChI=1S/C18H26N6O/c25-18(19-10-13-23-11-6-1-2-7-12-23)20-14-17-22-21-15-24(17)16-8-4-3-5-9-16/h3-5,8-9,15H,1-2,6-7,10-14H2,(H2,19,20,25). The van der Waals surface area contributed by atoms with Gasteiger partial charge in [-0.1, -0.05) is 31.0 Å². The Labute approximate surface area is 148 Å². The molecule has 0 atom stereocenters. The number of rotatable bonds is 6. The summed E-state index contributed by atoms with van der Waals surface area (Å²) in [5.41, 5.74) is 0.978. The van der Waals surface area contributed by atoms with Crippen LogP contribution in [-0.4, -0.2) is 51.9 Å². The molecule has 25 heavy (non-hydrogen) atoms. The lowest BCUT2D eigenvalue weighted by atomic mass is 10.2. The number of carbonyl (C=O) groups is 1. The molecule has 1 aliphatic rings. The van der Waals surface area contributed by atoms with Gasteiger partial charge in [0.1, 0.15) is 6.33 Å². The van der Waals surface area contributed by atoms with Gasteiger partial charge in [-0.3, -0.25) is 4.57 Å². The van der Waals surface area contributed by atoms with Gasteiger partial charge in [-0.15, -0.1) is 10.2 Å². The third-order valence-electron chi connectivity index (χ3n) is 4.47. The van der Waals surface area contributed by atoms with Crippen LogP contribution in [0.2, 0.25) is 0 Å². The van der Waals surface area contributed by atoms with Gasteiger partial charge in [0.05, 0.1) is 6.54 Å². The van der Waals surface area contributed by atoms with Crippen molar-refractivity contribution in [1.82, 2.24) is 30.3 Å². The van der Waals surface area contributed by atoms with Crippen LogP contribution in [-0.2, 0) is 6.54 Å². The van der Waals surface area contributed by atoms with Crippen LogP contribution in [0.15, 0.2) is 36.7 Å². The number of hydrogen-bond donors (Lipinski definition) is 2. The van der Waals surface area contributed by atoms with E-state index in [1.165, 1.54) is 25.7 Å². The van der Waals surface area contributed by atoms with Crippen LogP contribution in [0.4, 0.5) is 4.79 Å². The van der Waals surface area contributed by atoms with Gasteiger partial charge in [-0.2, -0.15) is 0 Å². The monoisotopic (exact) mass is 342 g/mol. The minimum Gasteiger partial charge on any atom is -0.337 e. The first-order chi connectivity index (χ1) is 12.3. The predicted octanol–water partition coefficient (Wildman–Crippen LogP) is 1.94. The molecule has 1 aromatic carbocycles. The third kappa shape index (κ3) is 5.29. The van der Waals surface area contributed by atoms with E-state index < -0.39 is 0 Å². The fourth-order valence-corrected chi connectivity index (χ4v) is 3.09. The maximum Gasteiger partial charge on any atom is 0.315 e. The Morgan fingerprint density at radius 2 is 1.80 bits per heavy atom. The van der Waals surface area contributed by atoms with Crippen molar-refractivity contribution in [3.8, 4) is 5.69 Å². The first kappa shape index (κ1) is 17.4. The molecule has 134 valence electrons. The summed E-state index contributed by atoms with van der Waals surface area (Å²) in [5, 5.41) is 13.8. The molecular formula is C18H26N6O. The fourth-order valence-electron chi connectivity index (χ4n) is 3.09. The first-order valence-corrected chi connectivity index (χ1v) is 9.01. The molecule has 2 N–H and O–H groups in total. The molecule has 7 nitrogen and oxygen atoms in total. The van der Waals surface area contributed by atoms with Crippen LogP contribution in [0.1, 0.15) is 31.5 Å². The van der Waals surface area contributed by atoms with E-state index in [1.807, 2.05) is 34.9 Å². The Balaban J connectivity index is 1.41. The minimum atomic E-state index is -0.169. The zero-order valence-corrected chi connectivity index (χ0v) is 14.5. The number of carbonyl (C=O) groups excluding carboxylic acids is 1. The summed E-state index contributed by atoms with van der Waals surface area (Å²) in [6.07, 6.45) is 6.84. The van der Waals surface area contributed by atoms with Gasteiger partial charge in [0.15, 0.2) is 5.82 Å². The van der Waals surface area contributed by atoms with Crippen molar-refractivity contribution in [2.24, 2.45) is 0 Å². The molecule has 3 rings (SSSR count). The molecule has 0 radical (unpaired) electrons. The van der Waals surface area contributed by atoms with E-state index in [0.29, 0.717) is 18.9 Å². The number of benzene rings is 1. The molecule has 0 bridgehead atoms. The Bertz CT molecular complexity index is 649. The van der Waals surface area contributed by atoms with Crippen LogP contribution in [0.5, 0.6) is 0 Å². The maximum atomic E-state index is 12.0. The fraction of sp³-hybridized carbons (Fsp3) is 0.500. The van der Waals surface area contributed by atoms with Gasteiger partial charge in [0, 0.05) is 18.8 Å². The lowest BCUT2D eigenvalue weighted by molar-refractivity contribution is 0.235. The van der Waals surface area contributed by atoms with Crippen molar-refractivity contribution >= 4 is 6.03 Å². The number of urea groups is 1. The number of nitrogens with zero attached hydrogens (tertiary/aromatic N) is 4. The molecule has 0 spiro atoms. The second-order valence-electron chi connectivity index (χ2n) is 6.32. The molecule has 2 aromatic rings. The zero-order chi connectivity index (χ0) is 17.3. The first-order valence-electron chi connectivity index (χ1n) is 9.01. The SMILES string of the molecule is O=C(NCCN1CCCCCC1)NCc1nncn1-c1ccccc1. The largest absolute Gasteiger partial charge is 0.337 e. The van der Waals surface area contributed by atoms with Crippen molar-refractivity contribution in [1.29, 1.82) is 0 Å². The van der Waals surface area contributed by atoms with Crippen LogP contribution < -0.4 is 10.6 Å². The molecular weight excluding hydrogens is 316 g/mol. The van der Waals surface area contributed by atoms with Crippen LogP contribution >= 0.6 is 0 Å². The highest BCUT2D eigenvalue weighted by atomic mass is 16.2. The van der Waals surface area contributed by atoms with Crippen molar-refractivity contribution < 1.29 is 4.79 Å². The summed E-state index contributed by atoms with van der Waals surface area (Å²) in [6, 6.07) is 9.67. The number of likely N-dealkylation sites (tertiary alicyclic amines) is 1. The number of para-hydroxylation sites is 1. The summed E-state index contributed by atoms with van der Waals surface area (Å²) >= 11 is 0. The van der Waals surface area contributed by atoms with Gasteiger partial charge in [0.2, 0.25) is 0 Å². The van der Waals surface area contributed by atoms with Crippen LogP contribution in [0.25, 0.3) is 5.69 Å². The van der Waals surface area contributed by atoms with E-state index in [4.69, 9.17) is 0 Å². The molecule has 7 heteroatoms. The molecule has 0 aliphatic carbocycles. The van der Waals surface area contributed by atoms with Crippen LogP contribution in [0.3, 0.4) is 0 Å². The van der Waals surface area contributed by atoms with E-state index in [0.717, 1.165) is 25.3 Å². The van der Waals surface area contributed by atoms with Gasteiger partial charge in [-0.05, 0) is 38.1 Å². The Kier molecular flexibility index (Phi) is 6.39. The lowest BCUT2D eigenvalue weighted by Gasteiger charge is -2.19. The Morgan fingerprint density at radius 3 is 2.56 bits per heavy atom. The number of nitrogens with one attached hydrogen (secondary N) is 2. The summed E-state index contributed by atoms with van der Waals surface area (Å²) in [4.78, 5) is 14.4. The van der Waals surface area contributed by atoms with Crippen molar-refractivity contribution in [3.05, 3.63) is 42.5 Å². The second-order valence-corrected chi connectivity index (χ2v) is 6.32. The minimum absolute atomic E-state index is 0.169. The normalized spacial score (nSPS) is 15.5. The lowest BCUT2D eigenvalue weighted by Crippen LogP contribution is -2.40. The molecule has 1 aliphatic heterocycles.